The number of hydrogen-bond donors (Lipinski definition) is 0. The quantitative estimate of drug-likeness (QED) is 0.845. The first-order valence-corrected chi connectivity index (χ1v) is 7.24. The van der Waals surface area contributed by atoms with Crippen molar-refractivity contribution in [2.24, 2.45) is 5.41 Å². The number of likely N-dealkylation sites (tertiary alicyclic amines) is 1. The van der Waals surface area contributed by atoms with E-state index in [2.05, 4.69) is 19.9 Å². The van der Waals surface area contributed by atoms with Crippen LogP contribution in [0.15, 0.2) is 30.3 Å². The Kier molecular flexibility index (Phi) is 4.44. The van der Waals surface area contributed by atoms with Gasteiger partial charge in [-0.15, -0.1) is 0 Å². The van der Waals surface area contributed by atoms with Crippen LogP contribution in [0.4, 0.5) is 0 Å². The molecule has 0 N–H and O–H groups in total. The molecular weight excluding hydrogens is 248 g/mol. The van der Waals surface area contributed by atoms with Gasteiger partial charge in [0.05, 0.1) is 12.0 Å². The van der Waals surface area contributed by atoms with Gasteiger partial charge in [0.1, 0.15) is 0 Å². The molecule has 2 rings (SSSR count). The lowest BCUT2D eigenvalue weighted by molar-refractivity contribution is -0.130. The van der Waals surface area contributed by atoms with Crippen LogP contribution in [0.25, 0.3) is 0 Å². The zero-order valence-corrected chi connectivity index (χ0v) is 12.3. The molecule has 1 amide bonds. The van der Waals surface area contributed by atoms with Gasteiger partial charge in [0.15, 0.2) is 0 Å². The summed E-state index contributed by atoms with van der Waals surface area (Å²) in [7, 11) is 0. The van der Waals surface area contributed by atoms with Crippen LogP contribution in [-0.2, 0) is 4.79 Å². The lowest BCUT2D eigenvalue weighted by Gasteiger charge is -2.25. The Morgan fingerprint density at radius 3 is 2.65 bits per heavy atom. The van der Waals surface area contributed by atoms with Crippen LogP contribution < -0.4 is 0 Å². The molecule has 0 saturated carbocycles. The highest BCUT2D eigenvalue weighted by Gasteiger charge is 2.28. The first-order valence-electron chi connectivity index (χ1n) is 7.24. The maximum atomic E-state index is 12.2. The van der Waals surface area contributed by atoms with Gasteiger partial charge in [0, 0.05) is 19.5 Å². The van der Waals surface area contributed by atoms with Crippen molar-refractivity contribution in [1.82, 2.24) is 4.90 Å². The lowest BCUT2D eigenvalue weighted by Crippen LogP contribution is -2.34. The summed E-state index contributed by atoms with van der Waals surface area (Å²) >= 11 is 0. The third-order valence-corrected chi connectivity index (χ3v) is 4.19. The highest BCUT2D eigenvalue weighted by molar-refractivity contribution is 5.76. The van der Waals surface area contributed by atoms with Crippen LogP contribution in [0, 0.1) is 16.7 Å². The Morgan fingerprint density at radius 1 is 1.30 bits per heavy atom. The topological polar surface area (TPSA) is 44.1 Å². The minimum Gasteiger partial charge on any atom is -0.341 e. The standard InChI is InChI=1S/C17H22N2O/c1-17(2)9-8-16(20)19(11-10-17)13-15(12-18)14-6-4-3-5-7-14/h3-7,15H,8-11,13H2,1-2H3. The zero-order chi connectivity index (χ0) is 14.6. The van der Waals surface area contributed by atoms with Crippen molar-refractivity contribution < 1.29 is 4.79 Å². The molecule has 1 aromatic carbocycles. The van der Waals surface area contributed by atoms with Gasteiger partial charge in [-0.05, 0) is 23.8 Å². The van der Waals surface area contributed by atoms with Gasteiger partial charge in [-0.25, -0.2) is 0 Å². The second-order valence-corrected chi connectivity index (χ2v) is 6.35. The van der Waals surface area contributed by atoms with E-state index in [9.17, 15) is 10.1 Å². The van der Waals surface area contributed by atoms with E-state index in [1.54, 1.807) is 0 Å². The Balaban J connectivity index is 2.08. The van der Waals surface area contributed by atoms with Crippen LogP contribution in [0.3, 0.4) is 0 Å². The van der Waals surface area contributed by atoms with E-state index >= 15 is 0 Å². The number of benzene rings is 1. The first kappa shape index (κ1) is 14.6. The van der Waals surface area contributed by atoms with Gasteiger partial charge in [-0.2, -0.15) is 5.26 Å². The Labute approximate surface area is 121 Å². The summed E-state index contributed by atoms with van der Waals surface area (Å²) in [6, 6.07) is 12.1. The van der Waals surface area contributed by atoms with Crippen LogP contribution in [-0.4, -0.2) is 23.9 Å². The van der Waals surface area contributed by atoms with Gasteiger partial charge in [-0.1, -0.05) is 44.2 Å². The number of carbonyl (C=O) groups excluding carboxylic acids is 1. The fraction of sp³-hybridized carbons (Fsp3) is 0.529. The van der Waals surface area contributed by atoms with Crippen LogP contribution in [0.1, 0.15) is 44.6 Å². The molecule has 1 heterocycles. The normalized spacial score (nSPS) is 20.1. The van der Waals surface area contributed by atoms with E-state index in [1.165, 1.54) is 0 Å². The van der Waals surface area contributed by atoms with Crippen LogP contribution >= 0.6 is 0 Å². The predicted molar refractivity (Wildman–Crippen MR) is 79.0 cm³/mol. The van der Waals surface area contributed by atoms with Gasteiger partial charge in [0.2, 0.25) is 5.91 Å². The summed E-state index contributed by atoms with van der Waals surface area (Å²) in [6.45, 7) is 5.69. The third kappa shape index (κ3) is 3.60. The Hall–Kier alpha value is -1.82. The predicted octanol–water partition coefficient (Wildman–Crippen LogP) is 3.33. The lowest BCUT2D eigenvalue weighted by atomic mass is 9.85. The summed E-state index contributed by atoms with van der Waals surface area (Å²) < 4.78 is 0. The summed E-state index contributed by atoms with van der Waals surface area (Å²) in [5.41, 5.74) is 1.21. The summed E-state index contributed by atoms with van der Waals surface area (Å²) in [5, 5.41) is 9.38. The van der Waals surface area contributed by atoms with Crippen molar-refractivity contribution in [3.05, 3.63) is 35.9 Å². The van der Waals surface area contributed by atoms with Crippen molar-refractivity contribution in [2.45, 2.75) is 39.0 Å². The van der Waals surface area contributed by atoms with Gasteiger partial charge in [-0.3, -0.25) is 4.79 Å². The molecule has 0 aliphatic carbocycles. The van der Waals surface area contributed by atoms with E-state index in [-0.39, 0.29) is 17.2 Å². The molecule has 1 aliphatic rings. The van der Waals surface area contributed by atoms with Crippen molar-refractivity contribution in [2.75, 3.05) is 13.1 Å². The maximum Gasteiger partial charge on any atom is 0.222 e. The van der Waals surface area contributed by atoms with E-state index < -0.39 is 0 Å². The number of nitrogens with zero attached hydrogens (tertiary/aromatic N) is 2. The molecule has 1 aliphatic heterocycles. The molecular formula is C17H22N2O. The van der Waals surface area contributed by atoms with Crippen molar-refractivity contribution >= 4 is 5.91 Å². The summed E-state index contributed by atoms with van der Waals surface area (Å²) in [4.78, 5) is 14.1. The van der Waals surface area contributed by atoms with Gasteiger partial charge < -0.3 is 4.90 Å². The number of hydrogen-bond acceptors (Lipinski definition) is 2. The average Bonchev–Trinajstić information content (AvgIpc) is 2.58. The Bertz CT molecular complexity index is 501. The van der Waals surface area contributed by atoms with Gasteiger partial charge in [0.25, 0.3) is 0 Å². The highest BCUT2D eigenvalue weighted by Crippen LogP contribution is 2.31. The molecule has 0 radical (unpaired) electrons. The van der Waals surface area contributed by atoms with E-state index in [0.29, 0.717) is 13.0 Å². The number of carbonyl (C=O) groups is 1. The minimum absolute atomic E-state index is 0.187. The zero-order valence-electron chi connectivity index (χ0n) is 12.3. The van der Waals surface area contributed by atoms with Crippen molar-refractivity contribution in [3.63, 3.8) is 0 Å². The molecule has 0 spiro atoms. The molecule has 1 atom stereocenters. The summed E-state index contributed by atoms with van der Waals surface area (Å²) in [6.07, 6.45) is 2.54. The second kappa shape index (κ2) is 6.09. The molecule has 1 aromatic rings. The number of rotatable bonds is 3. The highest BCUT2D eigenvalue weighted by atomic mass is 16.2. The summed E-state index contributed by atoms with van der Waals surface area (Å²) in [5.74, 6) is -0.0480. The Morgan fingerprint density at radius 2 is 2.00 bits per heavy atom. The van der Waals surface area contributed by atoms with E-state index in [0.717, 1.165) is 24.9 Å². The molecule has 1 unspecified atom stereocenters. The van der Waals surface area contributed by atoms with Crippen molar-refractivity contribution in [1.29, 1.82) is 5.26 Å². The molecule has 3 heteroatoms. The second-order valence-electron chi connectivity index (χ2n) is 6.35. The molecule has 0 aromatic heterocycles. The smallest absolute Gasteiger partial charge is 0.222 e. The molecule has 3 nitrogen and oxygen atoms in total. The average molecular weight is 270 g/mol. The third-order valence-electron chi connectivity index (χ3n) is 4.19. The van der Waals surface area contributed by atoms with Crippen molar-refractivity contribution in [3.8, 4) is 6.07 Å². The fourth-order valence-electron chi connectivity index (χ4n) is 2.61. The SMILES string of the molecule is CC1(C)CCC(=O)N(CC(C#N)c2ccccc2)CC1. The maximum absolute atomic E-state index is 12.2. The molecule has 106 valence electrons. The molecule has 1 saturated heterocycles. The minimum atomic E-state index is -0.235. The first-order chi connectivity index (χ1) is 9.52. The number of nitriles is 1. The van der Waals surface area contributed by atoms with Crippen LogP contribution in [0.5, 0.6) is 0 Å². The van der Waals surface area contributed by atoms with E-state index in [4.69, 9.17) is 0 Å². The molecule has 0 bridgehead atoms. The largest absolute Gasteiger partial charge is 0.341 e. The van der Waals surface area contributed by atoms with Crippen LogP contribution in [0.2, 0.25) is 0 Å². The number of amides is 1. The van der Waals surface area contributed by atoms with Gasteiger partial charge >= 0.3 is 0 Å². The fourth-order valence-corrected chi connectivity index (χ4v) is 2.61. The monoisotopic (exact) mass is 270 g/mol. The van der Waals surface area contributed by atoms with E-state index in [1.807, 2.05) is 35.2 Å². The molecule has 1 fully saturated rings. The molecule has 20 heavy (non-hydrogen) atoms.